The van der Waals surface area contributed by atoms with Gasteiger partial charge in [-0.1, -0.05) is 24.6 Å². The van der Waals surface area contributed by atoms with Crippen LogP contribution in [-0.4, -0.2) is 38.8 Å². The van der Waals surface area contributed by atoms with E-state index < -0.39 is 15.9 Å². The minimum atomic E-state index is -3.61. The van der Waals surface area contributed by atoms with E-state index in [-0.39, 0.29) is 10.5 Å². The summed E-state index contributed by atoms with van der Waals surface area (Å²) in [5, 5.41) is 3.10. The summed E-state index contributed by atoms with van der Waals surface area (Å²) in [6.45, 7) is 3.13. The summed E-state index contributed by atoms with van der Waals surface area (Å²) in [6, 6.07) is 11.0. The Hall–Kier alpha value is -2.09. The number of benzene rings is 2. The first kappa shape index (κ1) is 20.6. The molecule has 150 valence electrons. The molecule has 8 heteroatoms. The van der Waals surface area contributed by atoms with Crippen LogP contribution in [0.15, 0.2) is 47.4 Å². The number of hydrogen-bond acceptors (Lipinski definition) is 4. The summed E-state index contributed by atoms with van der Waals surface area (Å²) < 4.78 is 32.4. The molecule has 6 nitrogen and oxygen atoms in total. The lowest BCUT2D eigenvalue weighted by atomic mass is 10.0. The fourth-order valence-electron chi connectivity index (χ4n) is 3.12. The second-order valence-corrected chi connectivity index (χ2v) is 9.26. The molecule has 1 N–H and O–H groups in total. The molecule has 1 amide bonds. The average Bonchev–Trinajstić information content (AvgIpc) is 2.68. The van der Waals surface area contributed by atoms with E-state index in [1.807, 2.05) is 0 Å². The number of hydrogen-bond donors (Lipinski definition) is 1. The van der Waals surface area contributed by atoms with Gasteiger partial charge in [-0.3, -0.25) is 4.79 Å². The van der Waals surface area contributed by atoms with Gasteiger partial charge in [-0.2, -0.15) is 4.31 Å². The number of sulfonamides is 1. The van der Waals surface area contributed by atoms with Gasteiger partial charge in [-0.15, -0.1) is 0 Å². The van der Waals surface area contributed by atoms with E-state index in [1.165, 1.54) is 23.5 Å². The standard InChI is InChI=1S/C20H23ClN2O4S/c1-14-8-10-23(11-9-14)28(25,26)17-5-3-4-15(12-17)20(24)22-16-6-7-19(27-2)18(21)13-16/h3-7,12-14H,8-11H2,1-2H3,(H,22,24). The quantitative estimate of drug-likeness (QED) is 0.789. The van der Waals surface area contributed by atoms with E-state index in [0.29, 0.717) is 35.5 Å². The third-order valence-corrected chi connectivity index (χ3v) is 7.08. The van der Waals surface area contributed by atoms with Gasteiger partial charge >= 0.3 is 0 Å². The Balaban J connectivity index is 1.79. The highest BCUT2D eigenvalue weighted by molar-refractivity contribution is 7.89. The monoisotopic (exact) mass is 422 g/mol. The van der Waals surface area contributed by atoms with Gasteiger partial charge in [0.2, 0.25) is 10.0 Å². The van der Waals surface area contributed by atoms with E-state index in [4.69, 9.17) is 16.3 Å². The van der Waals surface area contributed by atoms with Gasteiger partial charge in [0.15, 0.2) is 0 Å². The number of amides is 1. The topological polar surface area (TPSA) is 75.7 Å². The van der Waals surface area contributed by atoms with Gasteiger partial charge in [0.25, 0.3) is 5.91 Å². The second-order valence-electron chi connectivity index (χ2n) is 6.92. The highest BCUT2D eigenvalue weighted by Crippen LogP contribution is 2.28. The normalized spacial score (nSPS) is 16.0. The van der Waals surface area contributed by atoms with Gasteiger partial charge < -0.3 is 10.1 Å². The van der Waals surface area contributed by atoms with E-state index in [9.17, 15) is 13.2 Å². The molecule has 2 aromatic carbocycles. The first-order valence-corrected chi connectivity index (χ1v) is 10.9. The molecule has 0 aliphatic carbocycles. The summed E-state index contributed by atoms with van der Waals surface area (Å²) >= 11 is 6.08. The number of halogens is 1. The molecular weight excluding hydrogens is 400 g/mol. The minimum Gasteiger partial charge on any atom is -0.495 e. The zero-order chi connectivity index (χ0) is 20.3. The fourth-order valence-corrected chi connectivity index (χ4v) is 4.89. The minimum absolute atomic E-state index is 0.127. The van der Waals surface area contributed by atoms with E-state index in [0.717, 1.165) is 12.8 Å². The number of nitrogens with zero attached hydrogens (tertiary/aromatic N) is 1. The molecule has 0 spiro atoms. The smallest absolute Gasteiger partial charge is 0.255 e. The van der Waals surface area contributed by atoms with Crippen LogP contribution >= 0.6 is 11.6 Å². The molecule has 1 fully saturated rings. The van der Waals surface area contributed by atoms with Crippen molar-refractivity contribution in [3.05, 3.63) is 53.1 Å². The number of ether oxygens (including phenoxy) is 1. The molecule has 1 aliphatic rings. The van der Waals surface area contributed by atoms with Gasteiger partial charge in [-0.05, 0) is 55.2 Å². The van der Waals surface area contributed by atoms with Crippen LogP contribution in [0.1, 0.15) is 30.1 Å². The number of piperidine rings is 1. The lowest BCUT2D eigenvalue weighted by Gasteiger charge is -2.29. The van der Waals surface area contributed by atoms with Gasteiger partial charge in [0.05, 0.1) is 17.0 Å². The lowest BCUT2D eigenvalue weighted by Crippen LogP contribution is -2.37. The number of methoxy groups -OCH3 is 1. The third kappa shape index (κ3) is 4.48. The Morgan fingerprint density at radius 2 is 1.89 bits per heavy atom. The van der Waals surface area contributed by atoms with Crippen molar-refractivity contribution in [2.24, 2.45) is 5.92 Å². The van der Waals surface area contributed by atoms with Crippen LogP contribution in [0.2, 0.25) is 5.02 Å². The molecule has 0 atom stereocenters. The van der Waals surface area contributed by atoms with E-state index in [2.05, 4.69) is 12.2 Å². The molecule has 0 radical (unpaired) electrons. The summed E-state index contributed by atoms with van der Waals surface area (Å²) in [4.78, 5) is 12.7. The number of anilines is 1. The summed E-state index contributed by atoms with van der Waals surface area (Å²) in [7, 11) is -2.11. The van der Waals surface area contributed by atoms with Crippen molar-refractivity contribution in [3.63, 3.8) is 0 Å². The summed E-state index contributed by atoms with van der Waals surface area (Å²) in [5.74, 6) is 0.619. The van der Waals surface area contributed by atoms with Crippen LogP contribution < -0.4 is 10.1 Å². The van der Waals surface area contributed by atoms with Crippen LogP contribution in [0.3, 0.4) is 0 Å². The van der Waals surface area contributed by atoms with E-state index >= 15 is 0 Å². The molecule has 0 aromatic heterocycles. The predicted octanol–water partition coefficient (Wildman–Crippen LogP) is 4.02. The maximum Gasteiger partial charge on any atom is 0.255 e. The Morgan fingerprint density at radius 3 is 2.54 bits per heavy atom. The fraction of sp³-hybridized carbons (Fsp3) is 0.350. The van der Waals surface area contributed by atoms with Gasteiger partial charge in [-0.25, -0.2) is 8.42 Å². The molecule has 1 saturated heterocycles. The third-order valence-electron chi connectivity index (χ3n) is 4.89. The molecule has 0 unspecified atom stereocenters. The van der Waals surface area contributed by atoms with Crippen molar-refractivity contribution in [3.8, 4) is 5.75 Å². The number of rotatable bonds is 5. The first-order valence-electron chi connectivity index (χ1n) is 9.06. The summed E-state index contributed by atoms with van der Waals surface area (Å²) in [5.41, 5.74) is 0.757. The van der Waals surface area contributed by atoms with Gasteiger partial charge in [0.1, 0.15) is 5.75 Å². The zero-order valence-electron chi connectivity index (χ0n) is 15.8. The predicted molar refractivity (Wildman–Crippen MR) is 110 cm³/mol. The van der Waals surface area contributed by atoms with Crippen molar-refractivity contribution < 1.29 is 17.9 Å². The highest BCUT2D eigenvalue weighted by Gasteiger charge is 2.28. The number of carbonyl (C=O) groups excluding carboxylic acids is 1. The Labute approximate surface area is 170 Å². The molecule has 2 aromatic rings. The molecule has 1 aliphatic heterocycles. The lowest BCUT2D eigenvalue weighted by molar-refractivity contribution is 0.102. The second kappa shape index (κ2) is 8.51. The number of carbonyl (C=O) groups is 1. The molecule has 1 heterocycles. The van der Waals surface area contributed by atoms with Crippen molar-refractivity contribution in [2.75, 3.05) is 25.5 Å². The molecule has 0 bridgehead atoms. The number of nitrogens with one attached hydrogen (secondary N) is 1. The molecule has 0 saturated carbocycles. The average molecular weight is 423 g/mol. The Kier molecular flexibility index (Phi) is 6.27. The van der Waals surface area contributed by atoms with Gasteiger partial charge in [0, 0.05) is 24.3 Å². The first-order chi connectivity index (χ1) is 13.3. The van der Waals surface area contributed by atoms with Crippen molar-refractivity contribution >= 4 is 33.2 Å². The van der Waals surface area contributed by atoms with Crippen LogP contribution in [-0.2, 0) is 10.0 Å². The summed E-state index contributed by atoms with van der Waals surface area (Å²) in [6.07, 6.45) is 1.69. The van der Waals surface area contributed by atoms with Crippen LogP contribution in [0.5, 0.6) is 5.75 Å². The SMILES string of the molecule is COc1ccc(NC(=O)c2cccc(S(=O)(=O)N3CCC(C)CC3)c2)cc1Cl. The van der Waals surface area contributed by atoms with Crippen LogP contribution in [0, 0.1) is 5.92 Å². The van der Waals surface area contributed by atoms with Crippen molar-refractivity contribution in [2.45, 2.75) is 24.7 Å². The maximum atomic E-state index is 12.9. The maximum absolute atomic E-state index is 12.9. The molecular formula is C20H23ClN2O4S. The Bertz CT molecular complexity index is 970. The zero-order valence-corrected chi connectivity index (χ0v) is 17.4. The molecule has 3 rings (SSSR count). The Morgan fingerprint density at radius 1 is 1.18 bits per heavy atom. The van der Waals surface area contributed by atoms with Crippen LogP contribution in [0.4, 0.5) is 5.69 Å². The van der Waals surface area contributed by atoms with Crippen molar-refractivity contribution in [1.82, 2.24) is 4.31 Å². The van der Waals surface area contributed by atoms with E-state index in [1.54, 1.807) is 30.3 Å². The molecule has 28 heavy (non-hydrogen) atoms. The highest BCUT2D eigenvalue weighted by atomic mass is 35.5. The van der Waals surface area contributed by atoms with Crippen molar-refractivity contribution in [1.29, 1.82) is 0 Å². The largest absolute Gasteiger partial charge is 0.495 e. The van der Waals surface area contributed by atoms with Crippen LogP contribution in [0.25, 0.3) is 0 Å².